The second-order valence-electron chi connectivity index (χ2n) is 17.4. The molecule has 0 aromatic heterocycles. The number of allylic oxidation sites excluding steroid dienone is 14. The van der Waals surface area contributed by atoms with Gasteiger partial charge in [-0.25, -0.2) is 4.57 Å². The molecular formula is C56H98NO8P. The Morgan fingerprint density at radius 2 is 0.833 bits per heavy atom. The van der Waals surface area contributed by atoms with Gasteiger partial charge in [-0.05, 0) is 89.9 Å². The molecule has 0 fully saturated rings. The SMILES string of the molecule is CC/C=C\C/C=C\C/C=C\C/C=C\C/C=C\CCCCCCCCCCCCCCCC(=O)OC(COC(=O)CCCCCCC/C=C\C/C=C\CCCCCC)COP(=O)(O)OCCN. The summed E-state index contributed by atoms with van der Waals surface area (Å²) >= 11 is 0. The summed E-state index contributed by atoms with van der Waals surface area (Å²) in [5.41, 5.74) is 5.37. The van der Waals surface area contributed by atoms with Gasteiger partial charge in [-0.1, -0.05) is 208 Å². The van der Waals surface area contributed by atoms with Crippen LogP contribution in [0.2, 0.25) is 0 Å². The first kappa shape index (κ1) is 63.2. The minimum atomic E-state index is -4.39. The molecule has 0 amide bonds. The van der Waals surface area contributed by atoms with E-state index in [0.717, 1.165) is 89.9 Å². The van der Waals surface area contributed by atoms with Gasteiger partial charge in [-0.15, -0.1) is 0 Å². The summed E-state index contributed by atoms with van der Waals surface area (Å²) in [6.07, 6.45) is 66.2. The van der Waals surface area contributed by atoms with E-state index in [1.54, 1.807) is 0 Å². The molecule has 66 heavy (non-hydrogen) atoms. The van der Waals surface area contributed by atoms with E-state index in [0.29, 0.717) is 12.8 Å². The lowest BCUT2D eigenvalue weighted by molar-refractivity contribution is -0.161. The number of carbonyl (C=O) groups excluding carboxylic acids is 2. The van der Waals surface area contributed by atoms with Crippen LogP contribution in [0.5, 0.6) is 0 Å². The van der Waals surface area contributed by atoms with Crippen LogP contribution in [-0.4, -0.2) is 49.3 Å². The van der Waals surface area contributed by atoms with E-state index >= 15 is 0 Å². The van der Waals surface area contributed by atoms with E-state index < -0.39 is 32.5 Å². The number of nitrogens with two attached hydrogens (primary N) is 1. The lowest BCUT2D eigenvalue weighted by Gasteiger charge is -2.19. The Balaban J connectivity index is 4.01. The van der Waals surface area contributed by atoms with E-state index in [2.05, 4.69) is 98.9 Å². The van der Waals surface area contributed by atoms with E-state index in [9.17, 15) is 19.0 Å². The molecule has 0 saturated heterocycles. The van der Waals surface area contributed by atoms with E-state index in [4.69, 9.17) is 24.3 Å². The van der Waals surface area contributed by atoms with Crippen molar-refractivity contribution < 1.29 is 37.6 Å². The quantitative estimate of drug-likeness (QED) is 0.0265. The summed E-state index contributed by atoms with van der Waals surface area (Å²) in [4.78, 5) is 35.1. The van der Waals surface area contributed by atoms with Crippen molar-refractivity contribution in [1.29, 1.82) is 0 Å². The standard InChI is InChI=1S/C56H98NO8P/c1-3-5-7-9-11-13-15-17-19-21-22-23-24-25-26-27-28-29-30-31-32-33-35-37-39-41-43-45-47-49-56(59)65-54(53-64-66(60,61)63-51-50-57)52-62-55(58)48-46-44-42-40-38-36-34-20-18-16-14-12-10-8-6-4-2/h5,7,11,13-14,16-17,19-20,22-23,25-26,34,54H,3-4,6,8-10,12,15,18,21,24,27-33,35-53,57H2,1-2H3,(H,60,61)/b7-5-,13-11-,16-14-,19-17-,23-22-,26-25-,34-20-. The topological polar surface area (TPSA) is 134 Å². The van der Waals surface area contributed by atoms with E-state index in [-0.39, 0.29) is 32.6 Å². The first-order chi connectivity index (χ1) is 32.3. The van der Waals surface area contributed by atoms with Crippen molar-refractivity contribution in [1.82, 2.24) is 0 Å². The van der Waals surface area contributed by atoms with Crippen molar-refractivity contribution in [2.45, 2.75) is 232 Å². The average Bonchev–Trinajstić information content (AvgIpc) is 3.31. The highest BCUT2D eigenvalue weighted by Gasteiger charge is 2.26. The summed E-state index contributed by atoms with van der Waals surface area (Å²) in [5.74, 6) is -0.846. The molecule has 0 radical (unpaired) electrons. The third-order valence-electron chi connectivity index (χ3n) is 11.0. The molecule has 0 aliphatic heterocycles. The smallest absolute Gasteiger partial charge is 0.462 e. The predicted octanol–water partition coefficient (Wildman–Crippen LogP) is 16.3. The molecule has 0 rings (SSSR count). The van der Waals surface area contributed by atoms with Crippen LogP contribution < -0.4 is 5.73 Å². The molecule has 3 N–H and O–H groups in total. The first-order valence-corrected chi connectivity index (χ1v) is 28.1. The van der Waals surface area contributed by atoms with Gasteiger partial charge in [0.1, 0.15) is 6.61 Å². The van der Waals surface area contributed by atoms with Crippen LogP contribution in [0.25, 0.3) is 0 Å². The molecule has 0 aromatic rings. The van der Waals surface area contributed by atoms with Crippen LogP contribution in [0.15, 0.2) is 85.1 Å². The lowest BCUT2D eigenvalue weighted by atomic mass is 10.0. The van der Waals surface area contributed by atoms with E-state index in [1.165, 1.54) is 96.3 Å². The lowest BCUT2D eigenvalue weighted by Crippen LogP contribution is -2.29. The Labute approximate surface area is 404 Å². The molecule has 0 spiro atoms. The van der Waals surface area contributed by atoms with Gasteiger partial charge < -0.3 is 20.1 Å². The zero-order valence-corrected chi connectivity index (χ0v) is 43.0. The van der Waals surface area contributed by atoms with Gasteiger partial charge in [-0.2, -0.15) is 0 Å². The largest absolute Gasteiger partial charge is 0.472 e. The zero-order valence-electron chi connectivity index (χ0n) is 42.2. The van der Waals surface area contributed by atoms with Crippen molar-refractivity contribution in [2.75, 3.05) is 26.4 Å². The maximum atomic E-state index is 12.7. The van der Waals surface area contributed by atoms with Gasteiger partial charge in [0, 0.05) is 19.4 Å². The van der Waals surface area contributed by atoms with Crippen LogP contribution in [0.4, 0.5) is 0 Å². The Morgan fingerprint density at radius 1 is 0.470 bits per heavy atom. The fourth-order valence-corrected chi connectivity index (χ4v) is 7.87. The molecule has 0 bridgehead atoms. The van der Waals surface area contributed by atoms with Gasteiger partial charge in [0.2, 0.25) is 0 Å². The number of esters is 2. The first-order valence-electron chi connectivity index (χ1n) is 26.6. The van der Waals surface area contributed by atoms with Gasteiger partial charge in [0.25, 0.3) is 0 Å². The highest BCUT2D eigenvalue weighted by atomic mass is 31.2. The van der Waals surface area contributed by atoms with Crippen LogP contribution in [0.3, 0.4) is 0 Å². The summed E-state index contributed by atoms with van der Waals surface area (Å²) < 4.78 is 32.9. The Morgan fingerprint density at radius 3 is 1.24 bits per heavy atom. The van der Waals surface area contributed by atoms with Crippen molar-refractivity contribution in [3.8, 4) is 0 Å². The van der Waals surface area contributed by atoms with Gasteiger partial charge >= 0.3 is 19.8 Å². The number of unbranched alkanes of at least 4 members (excludes halogenated alkanes) is 22. The number of carbonyl (C=O) groups is 2. The van der Waals surface area contributed by atoms with Gasteiger partial charge in [0.15, 0.2) is 6.10 Å². The van der Waals surface area contributed by atoms with Crippen molar-refractivity contribution in [2.24, 2.45) is 5.73 Å². The summed E-state index contributed by atoms with van der Waals surface area (Å²) in [6.45, 7) is 3.59. The minimum absolute atomic E-state index is 0.0481. The number of rotatable bonds is 49. The summed E-state index contributed by atoms with van der Waals surface area (Å²) in [7, 11) is -4.39. The van der Waals surface area contributed by atoms with E-state index in [1.807, 2.05) is 0 Å². The molecule has 380 valence electrons. The average molecular weight is 944 g/mol. The molecule has 0 aliphatic rings. The maximum Gasteiger partial charge on any atom is 0.472 e. The Kier molecular flexibility index (Phi) is 49.4. The van der Waals surface area contributed by atoms with Crippen LogP contribution in [0, 0.1) is 0 Å². The summed E-state index contributed by atoms with van der Waals surface area (Å²) in [6, 6.07) is 0. The van der Waals surface area contributed by atoms with Gasteiger partial charge in [-0.3, -0.25) is 18.6 Å². The third-order valence-corrected chi connectivity index (χ3v) is 12.0. The number of phosphoric acid groups is 1. The fourth-order valence-electron chi connectivity index (χ4n) is 7.10. The molecule has 0 saturated carbocycles. The second kappa shape index (κ2) is 51.6. The van der Waals surface area contributed by atoms with Crippen LogP contribution in [0.1, 0.15) is 226 Å². The number of hydrogen-bond donors (Lipinski definition) is 2. The minimum Gasteiger partial charge on any atom is -0.462 e. The number of ether oxygens (including phenoxy) is 2. The maximum absolute atomic E-state index is 12.7. The highest BCUT2D eigenvalue weighted by molar-refractivity contribution is 7.47. The monoisotopic (exact) mass is 944 g/mol. The molecular weight excluding hydrogens is 846 g/mol. The molecule has 0 aliphatic carbocycles. The van der Waals surface area contributed by atoms with Crippen molar-refractivity contribution in [3.63, 3.8) is 0 Å². The fraction of sp³-hybridized carbons (Fsp3) is 0.714. The highest BCUT2D eigenvalue weighted by Crippen LogP contribution is 2.43. The third kappa shape index (κ3) is 50.6. The Hall–Kier alpha value is -2.81. The molecule has 9 nitrogen and oxygen atoms in total. The molecule has 0 aromatic carbocycles. The summed E-state index contributed by atoms with van der Waals surface area (Å²) in [5, 5.41) is 0. The van der Waals surface area contributed by atoms with Gasteiger partial charge in [0.05, 0.1) is 13.2 Å². The van der Waals surface area contributed by atoms with Crippen LogP contribution >= 0.6 is 7.82 Å². The number of hydrogen-bond acceptors (Lipinski definition) is 8. The van der Waals surface area contributed by atoms with Crippen molar-refractivity contribution >= 4 is 19.8 Å². The second-order valence-corrected chi connectivity index (χ2v) is 18.8. The molecule has 2 atom stereocenters. The predicted molar refractivity (Wildman–Crippen MR) is 279 cm³/mol. The number of phosphoric ester groups is 1. The van der Waals surface area contributed by atoms with Crippen LogP contribution in [-0.2, 0) is 32.7 Å². The Bertz CT molecular complexity index is 1350. The normalized spacial score (nSPS) is 13.8. The molecule has 10 heteroatoms. The molecule has 0 heterocycles. The molecule has 2 unspecified atom stereocenters. The zero-order chi connectivity index (χ0) is 48.1. The van der Waals surface area contributed by atoms with Crippen molar-refractivity contribution in [3.05, 3.63) is 85.1 Å².